The van der Waals surface area contributed by atoms with Crippen molar-refractivity contribution in [1.82, 2.24) is 15.1 Å². The predicted molar refractivity (Wildman–Crippen MR) is 151 cm³/mol. The lowest BCUT2D eigenvalue weighted by atomic mass is 9.94. The van der Waals surface area contributed by atoms with Gasteiger partial charge in [-0.15, -0.1) is 10.2 Å². The maximum absolute atomic E-state index is 13.8. The topological polar surface area (TPSA) is 109 Å². The largest absolute Gasteiger partial charge is 0.419 e. The van der Waals surface area contributed by atoms with Crippen molar-refractivity contribution in [3.8, 4) is 28.7 Å². The van der Waals surface area contributed by atoms with Crippen molar-refractivity contribution in [3.63, 3.8) is 0 Å². The first-order chi connectivity index (χ1) is 18.9. The van der Waals surface area contributed by atoms with Crippen LogP contribution in [0.1, 0.15) is 66.9 Å². The van der Waals surface area contributed by atoms with E-state index in [-0.39, 0.29) is 17.8 Å². The summed E-state index contributed by atoms with van der Waals surface area (Å²) in [5.41, 5.74) is 10.0. The summed E-state index contributed by atoms with van der Waals surface area (Å²) >= 11 is 0. The quantitative estimate of drug-likeness (QED) is 0.301. The summed E-state index contributed by atoms with van der Waals surface area (Å²) in [7, 11) is 0. The molecule has 5 rings (SSSR count). The molecule has 1 aliphatic rings. The molecule has 0 aliphatic carbocycles. The van der Waals surface area contributed by atoms with E-state index in [2.05, 4.69) is 23.2 Å². The van der Waals surface area contributed by atoms with Gasteiger partial charge in [0.05, 0.1) is 17.2 Å². The van der Waals surface area contributed by atoms with Gasteiger partial charge in [-0.25, -0.2) is 0 Å². The molecule has 3 aromatic carbocycles. The molecule has 0 bridgehead atoms. The Morgan fingerprint density at radius 1 is 1.10 bits per heavy atom. The van der Waals surface area contributed by atoms with Crippen LogP contribution in [0.4, 0.5) is 0 Å². The number of hydrogen-bond donors (Lipinski definition) is 1. The lowest BCUT2D eigenvalue weighted by Gasteiger charge is -2.25. The normalized spacial score (nSPS) is 16.6. The molecule has 7 heteroatoms. The van der Waals surface area contributed by atoms with Gasteiger partial charge in [0.25, 0.3) is 5.91 Å². The van der Waals surface area contributed by atoms with Crippen LogP contribution in [0.3, 0.4) is 0 Å². The molecule has 2 N–H and O–H groups in total. The zero-order valence-electron chi connectivity index (χ0n) is 22.4. The molecule has 0 spiro atoms. The van der Waals surface area contributed by atoms with E-state index in [1.807, 2.05) is 78.6 Å². The van der Waals surface area contributed by atoms with Gasteiger partial charge in [-0.1, -0.05) is 61.9 Å². The second-order valence-electron chi connectivity index (χ2n) is 10.5. The maximum Gasteiger partial charge on any atom is 0.254 e. The first kappa shape index (κ1) is 26.3. The summed E-state index contributed by atoms with van der Waals surface area (Å²) in [6.07, 6.45) is 4.57. The van der Waals surface area contributed by atoms with Crippen molar-refractivity contribution < 1.29 is 9.21 Å². The number of likely N-dealkylation sites (tertiary alicyclic amines) is 1. The molecule has 39 heavy (non-hydrogen) atoms. The number of nitriles is 1. The Hall–Kier alpha value is -4.28. The molecule has 7 nitrogen and oxygen atoms in total. The number of rotatable bonds is 8. The summed E-state index contributed by atoms with van der Waals surface area (Å²) in [4.78, 5) is 15.8. The first-order valence-corrected chi connectivity index (χ1v) is 13.5. The second kappa shape index (κ2) is 11.2. The molecule has 4 aromatic rings. The number of carbonyl (C=O) groups is 1. The van der Waals surface area contributed by atoms with Crippen molar-refractivity contribution >= 4 is 5.91 Å². The van der Waals surface area contributed by atoms with Crippen LogP contribution in [0.15, 0.2) is 77.2 Å². The van der Waals surface area contributed by atoms with E-state index in [0.29, 0.717) is 29.0 Å². The van der Waals surface area contributed by atoms with Crippen LogP contribution in [0.5, 0.6) is 0 Å². The van der Waals surface area contributed by atoms with E-state index in [4.69, 9.17) is 10.2 Å². The SMILES string of the molecule is CCC[C@H]1CCCN1C(=O)c1cc(-c2nnc([C@](C)(N)Cc3ccccc3)o2)cc(-c2ccccc2C#N)c1. The summed E-state index contributed by atoms with van der Waals surface area (Å²) < 4.78 is 6.14. The molecule has 0 radical (unpaired) electrons. The third kappa shape index (κ3) is 5.62. The Morgan fingerprint density at radius 2 is 1.85 bits per heavy atom. The zero-order chi connectivity index (χ0) is 27.4. The van der Waals surface area contributed by atoms with Crippen LogP contribution < -0.4 is 5.73 Å². The van der Waals surface area contributed by atoms with Crippen LogP contribution in [0.25, 0.3) is 22.6 Å². The van der Waals surface area contributed by atoms with Crippen molar-refractivity contribution in [2.45, 2.75) is 57.5 Å². The number of nitrogens with two attached hydrogens (primary N) is 1. The highest BCUT2D eigenvalue weighted by Gasteiger charge is 2.31. The molecule has 1 saturated heterocycles. The third-order valence-corrected chi connectivity index (χ3v) is 7.37. The Bertz CT molecular complexity index is 1500. The molecule has 1 fully saturated rings. The van der Waals surface area contributed by atoms with E-state index in [9.17, 15) is 10.1 Å². The fraction of sp³-hybridized carbons (Fsp3) is 0.312. The highest BCUT2D eigenvalue weighted by molar-refractivity contribution is 5.97. The summed E-state index contributed by atoms with van der Waals surface area (Å²) in [6, 6.07) is 25.4. The van der Waals surface area contributed by atoms with Crippen molar-refractivity contribution in [2.24, 2.45) is 5.73 Å². The predicted octanol–water partition coefficient (Wildman–Crippen LogP) is 6.10. The highest BCUT2D eigenvalue weighted by atomic mass is 16.4. The van der Waals surface area contributed by atoms with Crippen molar-refractivity contribution in [1.29, 1.82) is 5.26 Å². The summed E-state index contributed by atoms with van der Waals surface area (Å²) in [6.45, 7) is 4.76. The Labute approximate surface area is 229 Å². The van der Waals surface area contributed by atoms with Crippen molar-refractivity contribution in [3.05, 3.63) is 95.4 Å². The van der Waals surface area contributed by atoms with Gasteiger partial charge in [0.15, 0.2) is 0 Å². The number of aromatic nitrogens is 2. The standard InChI is InChI=1S/C32H33N5O2/c1-3-10-27-14-9-16-37(27)30(38)26-18-24(28-15-8-7-13-23(28)21-33)17-25(19-26)29-35-36-31(39-29)32(2,34)20-22-11-5-4-6-12-22/h4-8,11-13,15,17-19,27H,3,9-10,14,16,20,34H2,1-2H3/t27-,32+/m0/s1. The smallest absolute Gasteiger partial charge is 0.254 e. The van der Waals surface area contributed by atoms with Gasteiger partial charge < -0.3 is 15.1 Å². The highest BCUT2D eigenvalue weighted by Crippen LogP contribution is 2.33. The minimum Gasteiger partial charge on any atom is -0.419 e. The van der Waals surface area contributed by atoms with Gasteiger partial charge in [0.2, 0.25) is 11.8 Å². The maximum atomic E-state index is 13.8. The van der Waals surface area contributed by atoms with Gasteiger partial charge in [-0.05, 0) is 73.6 Å². The van der Waals surface area contributed by atoms with Gasteiger partial charge in [-0.2, -0.15) is 5.26 Å². The first-order valence-electron chi connectivity index (χ1n) is 13.5. The summed E-state index contributed by atoms with van der Waals surface area (Å²) in [5, 5.41) is 18.4. The van der Waals surface area contributed by atoms with E-state index in [0.717, 1.165) is 48.9 Å². The fourth-order valence-corrected chi connectivity index (χ4v) is 5.43. The van der Waals surface area contributed by atoms with Gasteiger partial charge in [-0.3, -0.25) is 4.79 Å². The van der Waals surface area contributed by atoms with Crippen LogP contribution in [-0.2, 0) is 12.0 Å². The van der Waals surface area contributed by atoms with E-state index < -0.39 is 5.54 Å². The third-order valence-electron chi connectivity index (χ3n) is 7.37. The van der Waals surface area contributed by atoms with E-state index in [1.165, 1.54) is 0 Å². The van der Waals surface area contributed by atoms with Gasteiger partial charge >= 0.3 is 0 Å². The monoisotopic (exact) mass is 519 g/mol. The molecule has 1 aromatic heterocycles. The molecule has 0 saturated carbocycles. The average molecular weight is 520 g/mol. The van der Waals surface area contributed by atoms with Crippen molar-refractivity contribution in [2.75, 3.05) is 6.54 Å². The average Bonchev–Trinajstić information content (AvgIpc) is 3.64. The number of amides is 1. The van der Waals surface area contributed by atoms with Crippen LogP contribution in [0.2, 0.25) is 0 Å². The number of benzene rings is 3. The number of carbonyl (C=O) groups excluding carboxylic acids is 1. The Morgan fingerprint density at radius 3 is 2.62 bits per heavy atom. The minimum absolute atomic E-state index is 0.0176. The molecule has 1 amide bonds. The molecule has 198 valence electrons. The van der Waals surface area contributed by atoms with E-state index >= 15 is 0 Å². The molecular formula is C32H33N5O2. The zero-order valence-corrected chi connectivity index (χ0v) is 22.4. The number of hydrogen-bond acceptors (Lipinski definition) is 6. The Balaban J connectivity index is 1.55. The van der Waals surface area contributed by atoms with Crippen LogP contribution in [0, 0.1) is 11.3 Å². The Kier molecular flexibility index (Phi) is 7.58. The molecule has 2 heterocycles. The lowest BCUT2D eigenvalue weighted by molar-refractivity contribution is 0.0730. The molecular weight excluding hydrogens is 486 g/mol. The molecule has 1 aliphatic heterocycles. The van der Waals surface area contributed by atoms with Crippen LogP contribution in [-0.4, -0.2) is 33.6 Å². The van der Waals surface area contributed by atoms with Gasteiger partial charge in [0, 0.05) is 23.7 Å². The minimum atomic E-state index is -0.876. The second-order valence-corrected chi connectivity index (χ2v) is 10.5. The van der Waals surface area contributed by atoms with E-state index in [1.54, 1.807) is 6.07 Å². The van der Waals surface area contributed by atoms with Crippen LogP contribution >= 0.6 is 0 Å². The lowest BCUT2D eigenvalue weighted by Crippen LogP contribution is -2.35. The number of nitrogens with zero attached hydrogens (tertiary/aromatic N) is 4. The molecule has 0 unspecified atom stereocenters. The van der Waals surface area contributed by atoms with Gasteiger partial charge in [0.1, 0.15) is 0 Å². The summed E-state index contributed by atoms with van der Waals surface area (Å²) in [5.74, 6) is 0.585. The fourth-order valence-electron chi connectivity index (χ4n) is 5.43. The molecule has 2 atom stereocenters.